The van der Waals surface area contributed by atoms with Crippen molar-refractivity contribution in [2.75, 3.05) is 0 Å². The van der Waals surface area contributed by atoms with Crippen LogP contribution in [0.1, 0.15) is 0 Å². The van der Waals surface area contributed by atoms with Crippen LogP contribution in [0.3, 0.4) is 0 Å². The zero-order valence-electron chi connectivity index (χ0n) is 33.8. The van der Waals surface area contributed by atoms with E-state index in [1.54, 1.807) is 0 Å². The molecule has 7 aromatic carbocycles. The summed E-state index contributed by atoms with van der Waals surface area (Å²) in [6, 6.07) is 67.7. The Morgan fingerprint density at radius 3 is 1.00 bits per heavy atom. The third-order valence-corrected chi connectivity index (χ3v) is 17.6. The van der Waals surface area contributed by atoms with E-state index in [0.717, 1.165) is 0 Å². The molecule has 6 heteroatoms. The fourth-order valence-electron chi connectivity index (χ4n) is 9.58. The third-order valence-electron chi connectivity index (χ3n) is 12.7. The number of benzene rings is 7. The van der Waals surface area contributed by atoms with Gasteiger partial charge < -0.3 is 9.13 Å². The first-order valence-corrected chi connectivity index (χ1v) is 24.1. The second kappa shape index (κ2) is 14.0. The van der Waals surface area contributed by atoms with Crippen molar-refractivity contribution in [3.8, 4) is 61.3 Å². The number of hydrogen-bond donors (Lipinski definition) is 0. The van der Waals surface area contributed by atoms with Crippen LogP contribution in [0, 0.1) is 0 Å². The first kappa shape index (κ1) is 36.1. The minimum absolute atomic E-state index is 1.26. The Hall–Kier alpha value is -6.54. The van der Waals surface area contributed by atoms with Gasteiger partial charge in [0, 0.05) is 96.5 Å². The van der Waals surface area contributed by atoms with Crippen LogP contribution in [-0.4, -0.2) is 9.13 Å². The van der Waals surface area contributed by atoms with Gasteiger partial charge in [0.2, 0.25) is 0 Å². The standard InChI is InChI=1S/C56H36N2S4/c1-57-45-31-44-40-20-18-34-14-16-38(50-24-28-54(62-50)52-26-22-48(60-52)36-11-7-4-8-12-36)30-42(34)56(40)58(2)46(44)32-43(45)39-19-17-33-13-15-37(29-41(33)55(39)57)49-23-27-53(61-49)51-25-21-47(59-51)35-9-5-3-6-10-35/h3-32H,1-2H3. The summed E-state index contributed by atoms with van der Waals surface area (Å²) < 4.78 is 4.85. The molecule has 62 heavy (non-hydrogen) atoms. The Balaban J connectivity index is 0.884. The number of aromatic nitrogens is 2. The van der Waals surface area contributed by atoms with Crippen molar-refractivity contribution in [3.63, 3.8) is 0 Å². The van der Waals surface area contributed by atoms with Crippen LogP contribution in [-0.2, 0) is 14.1 Å². The van der Waals surface area contributed by atoms with Crippen LogP contribution in [0.5, 0.6) is 0 Å². The number of nitrogens with zero attached hydrogens (tertiary/aromatic N) is 2. The van der Waals surface area contributed by atoms with E-state index >= 15 is 0 Å². The van der Waals surface area contributed by atoms with Gasteiger partial charge >= 0.3 is 0 Å². The normalized spacial score (nSPS) is 12.0. The summed E-state index contributed by atoms with van der Waals surface area (Å²) >= 11 is 7.49. The molecule has 0 atom stereocenters. The van der Waals surface area contributed by atoms with E-state index in [-0.39, 0.29) is 0 Å². The summed E-state index contributed by atoms with van der Waals surface area (Å²) in [6.45, 7) is 0. The van der Waals surface area contributed by atoms with Gasteiger partial charge in [-0.2, -0.15) is 0 Å². The minimum Gasteiger partial charge on any atom is -0.343 e. The summed E-state index contributed by atoms with van der Waals surface area (Å²) in [5.74, 6) is 0. The smallest absolute Gasteiger partial charge is 0.0568 e. The molecule has 0 aliphatic carbocycles. The van der Waals surface area contributed by atoms with Crippen molar-refractivity contribution in [2.24, 2.45) is 14.1 Å². The lowest BCUT2D eigenvalue weighted by Crippen LogP contribution is -1.89. The highest BCUT2D eigenvalue weighted by molar-refractivity contribution is 7.25. The molecule has 0 amide bonds. The van der Waals surface area contributed by atoms with Gasteiger partial charge in [-0.15, -0.1) is 45.3 Å². The molecule has 0 saturated heterocycles. The lowest BCUT2D eigenvalue weighted by molar-refractivity contribution is 1.01. The average molecular weight is 865 g/mol. The molecule has 0 spiro atoms. The molecule has 0 aliphatic heterocycles. The molecule has 13 aromatic rings. The largest absolute Gasteiger partial charge is 0.343 e. The number of thiophene rings is 4. The molecule has 0 radical (unpaired) electrons. The van der Waals surface area contributed by atoms with E-state index < -0.39 is 0 Å². The van der Waals surface area contributed by atoms with Gasteiger partial charge in [0.1, 0.15) is 0 Å². The predicted molar refractivity (Wildman–Crippen MR) is 274 cm³/mol. The first-order chi connectivity index (χ1) is 30.5. The average Bonchev–Trinajstić information content (AvgIpc) is 4.19. The SMILES string of the molecule is Cn1c2cc3c4ccc5ccc(-c6ccc(-c7ccc(-c8ccccc8)s7)s6)cc5c4n(C)c3cc2c2ccc3ccc(-c4ccc(-c5ccc(-c6ccccc6)s5)s4)cc3c21. The zero-order valence-corrected chi connectivity index (χ0v) is 37.1. The van der Waals surface area contributed by atoms with E-state index in [4.69, 9.17) is 0 Å². The van der Waals surface area contributed by atoms with Crippen molar-refractivity contribution in [1.29, 1.82) is 0 Å². The van der Waals surface area contributed by atoms with Gasteiger partial charge in [0.05, 0.1) is 11.0 Å². The molecule has 6 heterocycles. The summed E-state index contributed by atoms with van der Waals surface area (Å²) in [5.41, 5.74) is 10.1. The Labute approximate surface area is 374 Å². The van der Waals surface area contributed by atoms with E-state index in [1.165, 1.54) is 126 Å². The van der Waals surface area contributed by atoms with Crippen molar-refractivity contribution in [1.82, 2.24) is 9.13 Å². The van der Waals surface area contributed by atoms with Gasteiger partial charge in [0.15, 0.2) is 0 Å². The van der Waals surface area contributed by atoms with Gasteiger partial charge in [-0.05, 0) is 106 Å². The van der Waals surface area contributed by atoms with Crippen molar-refractivity contribution in [2.45, 2.75) is 0 Å². The Kier molecular flexibility index (Phi) is 8.16. The minimum atomic E-state index is 1.26. The molecule has 2 nitrogen and oxygen atoms in total. The molecule has 0 aliphatic rings. The molecular weight excluding hydrogens is 829 g/mol. The van der Waals surface area contributed by atoms with Crippen LogP contribution in [0.2, 0.25) is 0 Å². The maximum atomic E-state index is 2.44. The summed E-state index contributed by atoms with van der Waals surface area (Å²) in [4.78, 5) is 10.4. The molecule has 0 bridgehead atoms. The molecule has 294 valence electrons. The highest BCUT2D eigenvalue weighted by Gasteiger charge is 2.19. The number of hydrogen-bond acceptors (Lipinski definition) is 4. The van der Waals surface area contributed by atoms with E-state index in [1.807, 2.05) is 45.3 Å². The second-order valence-electron chi connectivity index (χ2n) is 16.2. The Bertz CT molecular complexity index is 3630. The van der Waals surface area contributed by atoms with E-state index in [2.05, 4.69) is 205 Å². The third kappa shape index (κ3) is 5.64. The highest BCUT2D eigenvalue weighted by Crippen LogP contribution is 2.45. The van der Waals surface area contributed by atoms with Gasteiger partial charge in [-0.3, -0.25) is 0 Å². The van der Waals surface area contributed by atoms with Crippen LogP contribution < -0.4 is 0 Å². The van der Waals surface area contributed by atoms with E-state index in [0.29, 0.717) is 0 Å². The molecule has 0 N–H and O–H groups in total. The fourth-order valence-corrected chi connectivity index (χ4v) is 13.8. The lowest BCUT2D eigenvalue weighted by atomic mass is 10.0. The Morgan fingerprint density at radius 2 is 0.613 bits per heavy atom. The van der Waals surface area contributed by atoms with Crippen LogP contribution in [0.4, 0.5) is 0 Å². The van der Waals surface area contributed by atoms with Crippen molar-refractivity contribution < 1.29 is 0 Å². The molecule has 0 unspecified atom stereocenters. The number of aryl methyl sites for hydroxylation is 2. The maximum absolute atomic E-state index is 2.44. The number of fused-ring (bicyclic) bond motifs is 10. The summed E-state index contributed by atoms with van der Waals surface area (Å²) in [5, 5.41) is 10.3. The van der Waals surface area contributed by atoms with Crippen LogP contribution in [0.15, 0.2) is 182 Å². The zero-order chi connectivity index (χ0) is 41.1. The second-order valence-corrected chi connectivity index (χ2v) is 20.5. The monoisotopic (exact) mass is 864 g/mol. The summed E-state index contributed by atoms with van der Waals surface area (Å²) in [7, 11) is 4.49. The molecule has 0 fully saturated rings. The van der Waals surface area contributed by atoms with Crippen molar-refractivity contribution >= 4 is 111 Å². The van der Waals surface area contributed by atoms with Gasteiger partial charge in [0.25, 0.3) is 0 Å². The molecule has 13 rings (SSSR count). The maximum Gasteiger partial charge on any atom is 0.0568 e. The van der Waals surface area contributed by atoms with Gasteiger partial charge in [-0.25, -0.2) is 0 Å². The Morgan fingerprint density at radius 1 is 0.274 bits per heavy atom. The lowest BCUT2D eigenvalue weighted by Gasteiger charge is -2.06. The highest BCUT2D eigenvalue weighted by atomic mass is 32.1. The van der Waals surface area contributed by atoms with Crippen molar-refractivity contribution in [3.05, 3.63) is 182 Å². The van der Waals surface area contributed by atoms with Gasteiger partial charge in [-0.1, -0.05) is 109 Å². The first-order valence-electron chi connectivity index (χ1n) is 20.8. The molecule has 0 saturated carbocycles. The van der Waals surface area contributed by atoms with E-state index in [9.17, 15) is 0 Å². The topological polar surface area (TPSA) is 9.86 Å². The fraction of sp³-hybridized carbons (Fsp3) is 0.0357. The number of rotatable bonds is 6. The predicted octanol–water partition coefficient (Wildman–Crippen LogP) is 17.5. The van der Waals surface area contributed by atoms with Crippen LogP contribution >= 0.6 is 45.3 Å². The van der Waals surface area contributed by atoms with Crippen LogP contribution in [0.25, 0.3) is 126 Å². The quantitative estimate of drug-likeness (QED) is 0.158. The molecule has 6 aromatic heterocycles. The molecular formula is C56H36N2S4. The summed E-state index contributed by atoms with van der Waals surface area (Å²) in [6.07, 6.45) is 0.